The van der Waals surface area contributed by atoms with Gasteiger partial charge < -0.3 is 10.1 Å². The Balaban J connectivity index is 1.66. The van der Waals surface area contributed by atoms with Gasteiger partial charge in [0.05, 0.1) is 6.10 Å². The number of rotatable bonds is 5. The standard InChI is InChI=1S/C20H26N2O/c1-16(23-2)18-7-9-20(10-8-18)19-5-3-17(4-6-19)15-22-13-11-21-12-14-22/h3-10,16,21H,11-15H2,1-2H3. The van der Waals surface area contributed by atoms with Crippen molar-refractivity contribution in [3.63, 3.8) is 0 Å². The topological polar surface area (TPSA) is 24.5 Å². The predicted molar refractivity (Wildman–Crippen MR) is 95.4 cm³/mol. The van der Waals surface area contributed by atoms with Crippen molar-refractivity contribution in [3.8, 4) is 11.1 Å². The Morgan fingerprint density at radius 1 is 0.957 bits per heavy atom. The zero-order valence-corrected chi connectivity index (χ0v) is 14.1. The summed E-state index contributed by atoms with van der Waals surface area (Å²) in [4.78, 5) is 2.51. The molecule has 1 N–H and O–H groups in total. The van der Waals surface area contributed by atoms with E-state index in [1.807, 2.05) is 0 Å². The van der Waals surface area contributed by atoms with E-state index in [-0.39, 0.29) is 6.10 Å². The van der Waals surface area contributed by atoms with Crippen molar-refractivity contribution in [2.45, 2.75) is 19.6 Å². The van der Waals surface area contributed by atoms with E-state index in [0.29, 0.717) is 0 Å². The predicted octanol–water partition coefficient (Wildman–Crippen LogP) is 3.47. The minimum Gasteiger partial charge on any atom is -0.377 e. The van der Waals surface area contributed by atoms with Crippen molar-refractivity contribution in [2.75, 3.05) is 33.3 Å². The molecule has 0 spiro atoms. The van der Waals surface area contributed by atoms with Gasteiger partial charge in [-0.2, -0.15) is 0 Å². The van der Waals surface area contributed by atoms with Gasteiger partial charge in [0.15, 0.2) is 0 Å². The van der Waals surface area contributed by atoms with Crippen molar-refractivity contribution in [1.82, 2.24) is 10.2 Å². The van der Waals surface area contributed by atoms with Crippen LogP contribution in [0.15, 0.2) is 48.5 Å². The zero-order chi connectivity index (χ0) is 16.1. The zero-order valence-electron chi connectivity index (χ0n) is 14.1. The van der Waals surface area contributed by atoms with Gasteiger partial charge in [-0.3, -0.25) is 4.90 Å². The smallest absolute Gasteiger partial charge is 0.0793 e. The highest BCUT2D eigenvalue weighted by Gasteiger charge is 2.10. The molecule has 1 atom stereocenters. The van der Waals surface area contributed by atoms with Crippen LogP contribution in [0.1, 0.15) is 24.2 Å². The lowest BCUT2D eigenvalue weighted by Gasteiger charge is -2.27. The molecule has 23 heavy (non-hydrogen) atoms. The number of nitrogens with zero attached hydrogens (tertiary/aromatic N) is 1. The fourth-order valence-electron chi connectivity index (χ4n) is 3.01. The number of methoxy groups -OCH3 is 1. The van der Waals surface area contributed by atoms with Crippen LogP contribution in [0.4, 0.5) is 0 Å². The summed E-state index contributed by atoms with van der Waals surface area (Å²) < 4.78 is 5.36. The van der Waals surface area contributed by atoms with E-state index in [2.05, 4.69) is 65.7 Å². The summed E-state index contributed by atoms with van der Waals surface area (Å²) >= 11 is 0. The fraction of sp³-hybridized carbons (Fsp3) is 0.400. The molecule has 0 radical (unpaired) electrons. The van der Waals surface area contributed by atoms with E-state index >= 15 is 0 Å². The number of hydrogen-bond acceptors (Lipinski definition) is 3. The van der Waals surface area contributed by atoms with Gasteiger partial charge in [0.1, 0.15) is 0 Å². The highest BCUT2D eigenvalue weighted by atomic mass is 16.5. The molecule has 1 saturated heterocycles. The Hall–Kier alpha value is -1.68. The maximum Gasteiger partial charge on any atom is 0.0793 e. The summed E-state index contributed by atoms with van der Waals surface area (Å²) in [5, 5.41) is 3.40. The molecule has 2 aromatic rings. The van der Waals surface area contributed by atoms with Gasteiger partial charge in [-0.15, -0.1) is 0 Å². The normalized spacial score (nSPS) is 17.1. The molecule has 1 aliphatic rings. The van der Waals surface area contributed by atoms with E-state index in [4.69, 9.17) is 4.74 Å². The maximum absolute atomic E-state index is 5.36. The molecule has 0 aromatic heterocycles. The summed E-state index contributed by atoms with van der Waals surface area (Å²) in [6.45, 7) is 7.60. The number of piperazine rings is 1. The molecule has 122 valence electrons. The Morgan fingerprint density at radius 2 is 1.52 bits per heavy atom. The third-order valence-electron chi connectivity index (χ3n) is 4.64. The Bertz CT molecular complexity index is 601. The SMILES string of the molecule is COC(C)c1ccc(-c2ccc(CN3CCNCC3)cc2)cc1. The summed E-state index contributed by atoms with van der Waals surface area (Å²) in [5.41, 5.74) is 5.13. The van der Waals surface area contributed by atoms with Crippen molar-refractivity contribution in [3.05, 3.63) is 59.7 Å². The molecule has 3 heteroatoms. The second-order valence-electron chi connectivity index (χ2n) is 6.22. The van der Waals surface area contributed by atoms with Crippen LogP contribution >= 0.6 is 0 Å². The Labute approximate surface area is 139 Å². The van der Waals surface area contributed by atoms with Gasteiger partial charge in [-0.05, 0) is 29.2 Å². The molecule has 2 aromatic carbocycles. The number of hydrogen-bond donors (Lipinski definition) is 1. The fourth-order valence-corrected chi connectivity index (χ4v) is 3.01. The molecule has 0 saturated carbocycles. The first kappa shape index (κ1) is 16.2. The minimum absolute atomic E-state index is 0.144. The third kappa shape index (κ3) is 4.20. The van der Waals surface area contributed by atoms with Crippen LogP contribution in [0.2, 0.25) is 0 Å². The van der Waals surface area contributed by atoms with Gasteiger partial charge in [0.25, 0.3) is 0 Å². The largest absolute Gasteiger partial charge is 0.377 e. The van der Waals surface area contributed by atoms with E-state index in [0.717, 1.165) is 32.7 Å². The lowest BCUT2D eigenvalue weighted by molar-refractivity contribution is 0.119. The Morgan fingerprint density at radius 3 is 2.09 bits per heavy atom. The molecule has 3 rings (SSSR count). The molecule has 1 unspecified atom stereocenters. The van der Waals surface area contributed by atoms with E-state index in [9.17, 15) is 0 Å². The maximum atomic E-state index is 5.36. The lowest BCUT2D eigenvalue weighted by atomic mass is 10.0. The molecule has 0 bridgehead atoms. The molecule has 1 aliphatic heterocycles. The first-order valence-corrected chi connectivity index (χ1v) is 8.41. The molecule has 0 aliphatic carbocycles. The van der Waals surface area contributed by atoms with Gasteiger partial charge in [0.2, 0.25) is 0 Å². The summed E-state index contributed by atoms with van der Waals surface area (Å²) in [5.74, 6) is 0. The highest BCUT2D eigenvalue weighted by molar-refractivity contribution is 5.64. The van der Waals surface area contributed by atoms with Crippen molar-refractivity contribution >= 4 is 0 Å². The van der Waals surface area contributed by atoms with Crippen LogP contribution in [0.5, 0.6) is 0 Å². The quantitative estimate of drug-likeness (QED) is 0.915. The molecular weight excluding hydrogens is 284 g/mol. The number of nitrogens with one attached hydrogen (secondary N) is 1. The minimum atomic E-state index is 0.144. The summed E-state index contributed by atoms with van der Waals surface area (Å²) in [7, 11) is 1.75. The van der Waals surface area contributed by atoms with E-state index in [1.54, 1.807) is 7.11 Å². The van der Waals surface area contributed by atoms with Gasteiger partial charge >= 0.3 is 0 Å². The summed E-state index contributed by atoms with van der Waals surface area (Å²) in [6, 6.07) is 17.6. The van der Waals surface area contributed by atoms with Gasteiger partial charge in [-0.25, -0.2) is 0 Å². The number of benzene rings is 2. The van der Waals surface area contributed by atoms with Crippen LogP contribution in [0.3, 0.4) is 0 Å². The molecule has 1 fully saturated rings. The van der Waals surface area contributed by atoms with E-state index in [1.165, 1.54) is 22.3 Å². The lowest BCUT2D eigenvalue weighted by Crippen LogP contribution is -2.42. The second-order valence-corrected chi connectivity index (χ2v) is 6.22. The highest BCUT2D eigenvalue weighted by Crippen LogP contribution is 2.23. The second kappa shape index (κ2) is 7.73. The first-order chi connectivity index (χ1) is 11.3. The average Bonchev–Trinajstić information content (AvgIpc) is 2.63. The molecule has 1 heterocycles. The van der Waals surface area contributed by atoms with Crippen LogP contribution in [-0.2, 0) is 11.3 Å². The van der Waals surface area contributed by atoms with Crippen molar-refractivity contribution in [2.24, 2.45) is 0 Å². The van der Waals surface area contributed by atoms with Crippen LogP contribution in [0.25, 0.3) is 11.1 Å². The first-order valence-electron chi connectivity index (χ1n) is 8.41. The van der Waals surface area contributed by atoms with Crippen LogP contribution < -0.4 is 5.32 Å². The molecule has 0 amide bonds. The van der Waals surface area contributed by atoms with E-state index < -0.39 is 0 Å². The van der Waals surface area contributed by atoms with Gasteiger partial charge in [-0.1, -0.05) is 48.5 Å². The molecule has 3 nitrogen and oxygen atoms in total. The van der Waals surface area contributed by atoms with Crippen LogP contribution in [0, 0.1) is 0 Å². The number of ether oxygens (including phenoxy) is 1. The molecular formula is C20H26N2O. The van der Waals surface area contributed by atoms with Crippen molar-refractivity contribution < 1.29 is 4.74 Å². The third-order valence-corrected chi connectivity index (χ3v) is 4.64. The van der Waals surface area contributed by atoms with Gasteiger partial charge in [0, 0.05) is 39.8 Å². The van der Waals surface area contributed by atoms with Crippen molar-refractivity contribution in [1.29, 1.82) is 0 Å². The summed E-state index contributed by atoms with van der Waals surface area (Å²) in [6.07, 6.45) is 0.144. The Kier molecular flexibility index (Phi) is 5.44. The monoisotopic (exact) mass is 310 g/mol. The average molecular weight is 310 g/mol. The van der Waals surface area contributed by atoms with Crippen LogP contribution in [-0.4, -0.2) is 38.2 Å².